The minimum atomic E-state index is 0.118. The van der Waals surface area contributed by atoms with Gasteiger partial charge in [0.25, 0.3) is 0 Å². The van der Waals surface area contributed by atoms with Crippen molar-refractivity contribution < 1.29 is 9.53 Å². The number of nitrogens with two attached hydrogens (primary N) is 1. The number of hydrogen-bond donors (Lipinski definition) is 1. The van der Waals surface area contributed by atoms with E-state index in [0.717, 1.165) is 18.9 Å². The molecule has 21 heavy (non-hydrogen) atoms. The summed E-state index contributed by atoms with van der Waals surface area (Å²) in [4.78, 5) is 22.6. The van der Waals surface area contributed by atoms with Crippen molar-refractivity contribution in [2.24, 2.45) is 0 Å². The van der Waals surface area contributed by atoms with Crippen LogP contribution in [0.4, 0.5) is 16.3 Å². The second-order valence-electron chi connectivity index (χ2n) is 5.27. The molecule has 2 saturated heterocycles. The molecule has 0 aliphatic carbocycles. The second kappa shape index (κ2) is 6.17. The van der Waals surface area contributed by atoms with Crippen LogP contribution in [0.15, 0.2) is 18.3 Å². The van der Waals surface area contributed by atoms with Gasteiger partial charge in [-0.25, -0.2) is 9.78 Å². The third-order valence-electron chi connectivity index (χ3n) is 3.95. The molecule has 7 nitrogen and oxygen atoms in total. The first kappa shape index (κ1) is 13.9. The molecule has 2 N–H and O–H groups in total. The van der Waals surface area contributed by atoms with E-state index in [1.54, 1.807) is 6.20 Å². The summed E-state index contributed by atoms with van der Waals surface area (Å²) in [5.41, 5.74) is 6.64. The van der Waals surface area contributed by atoms with E-state index in [9.17, 15) is 4.79 Å². The second-order valence-corrected chi connectivity index (χ2v) is 5.27. The van der Waals surface area contributed by atoms with Gasteiger partial charge in [0.15, 0.2) is 5.82 Å². The van der Waals surface area contributed by atoms with Gasteiger partial charge in [-0.1, -0.05) is 0 Å². The zero-order valence-electron chi connectivity index (χ0n) is 12.1. The van der Waals surface area contributed by atoms with Crippen molar-refractivity contribution in [1.82, 2.24) is 14.8 Å². The summed E-state index contributed by atoms with van der Waals surface area (Å²) in [5.74, 6) is 0.816. The van der Waals surface area contributed by atoms with E-state index in [1.165, 1.54) is 0 Å². The van der Waals surface area contributed by atoms with E-state index < -0.39 is 0 Å². The lowest BCUT2D eigenvalue weighted by molar-refractivity contribution is 0.0428. The lowest BCUT2D eigenvalue weighted by Gasteiger charge is -2.39. The summed E-state index contributed by atoms with van der Waals surface area (Å²) in [6, 6.07) is 3.80. The van der Waals surface area contributed by atoms with Crippen molar-refractivity contribution in [1.29, 1.82) is 0 Å². The minimum Gasteiger partial charge on any atom is -0.396 e. The fourth-order valence-electron chi connectivity index (χ4n) is 2.74. The average molecular weight is 291 g/mol. The first-order valence-electron chi connectivity index (χ1n) is 7.33. The van der Waals surface area contributed by atoms with Crippen molar-refractivity contribution in [3.8, 4) is 0 Å². The van der Waals surface area contributed by atoms with Gasteiger partial charge in [-0.05, 0) is 12.1 Å². The highest BCUT2D eigenvalue weighted by Gasteiger charge is 2.27. The number of carbonyl (C=O) groups is 1. The third kappa shape index (κ3) is 3.02. The number of nitrogens with zero attached hydrogens (tertiary/aromatic N) is 4. The number of rotatable bonds is 1. The first-order valence-corrected chi connectivity index (χ1v) is 7.33. The van der Waals surface area contributed by atoms with Crippen molar-refractivity contribution >= 4 is 17.5 Å². The Morgan fingerprint density at radius 3 is 2.43 bits per heavy atom. The highest BCUT2D eigenvalue weighted by molar-refractivity contribution is 5.75. The van der Waals surface area contributed by atoms with Gasteiger partial charge in [-0.2, -0.15) is 0 Å². The van der Waals surface area contributed by atoms with Crippen LogP contribution in [0.5, 0.6) is 0 Å². The van der Waals surface area contributed by atoms with Crippen LogP contribution in [0.1, 0.15) is 0 Å². The fourth-order valence-corrected chi connectivity index (χ4v) is 2.74. The van der Waals surface area contributed by atoms with Crippen molar-refractivity contribution in [3.05, 3.63) is 18.3 Å². The number of morpholine rings is 1. The minimum absolute atomic E-state index is 0.118. The number of carbonyl (C=O) groups excluding carboxylic acids is 1. The molecule has 114 valence electrons. The number of nitrogen functional groups attached to an aromatic ring is 1. The van der Waals surface area contributed by atoms with Crippen LogP contribution in [0, 0.1) is 0 Å². The molecule has 0 radical (unpaired) electrons. The smallest absolute Gasteiger partial charge is 0.320 e. The predicted octanol–water partition coefficient (Wildman–Crippen LogP) is 0.238. The Morgan fingerprint density at radius 1 is 1.10 bits per heavy atom. The van der Waals surface area contributed by atoms with Gasteiger partial charge in [0.1, 0.15) is 0 Å². The zero-order chi connectivity index (χ0) is 14.7. The summed E-state index contributed by atoms with van der Waals surface area (Å²) in [6.45, 7) is 5.57. The molecule has 2 fully saturated rings. The number of anilines is 2. The maximum Gasteiger partial charge on any atom is 0.320 e. The molecule has 2 amide bonds. The molecule has 0 saturated carbocycles. The summed E-state index contributed by atoms with van der Waals surface area (Å²) < 4.78 is 5.28. The maximum atomic E-state index is 12.4. The molecule has 3 rings (SSSR count). The molecule has 0 spiro atoms. The molecule has 1 aromatic rings. The Bertz CT molecular complexity index is 496. The largest absolute Gasteiger partial charge is 0.396 e. The lowest BCUT2D eigenvalue weighted by Crippen LogP contribution is -2.55. The molecule has 0 bridgehead atoms. The molecular formula is C14H21N5O2. The Hall–Kier alpha value is -2.02. The van der Waals surface area contributed by atoms with Gasteiger partial charge in [0.05, 0.1) is 18.9 Å². The summed E-state index contributed by atoms with van der Waals surface area (Å²) in [6.07, 6.45) is 1.75. The highest BCUT2D eigenvalue weighted by atomic mass is 16.5. The molecular weight excluding hydrogens is 270 g/mol. The fraction of sp³-hybridized carbons (Fsp3) is 0.571. The SMILES string of the molecule is Nc1cccnc1N1CCN(C(=O)N2CCOCC2)CC1. The molecule has 3 heterocycles. The van der Waals surface area contributed by atoms with E-state index in [-0.39, 0.29) is 6.03 Å². The first-order chi connectivity index (χ1) is 10.3. The standard InChI is InChI=1S/C14H21N5O2/c15-12-2-1-3-16-13(12)17-4-6-18(7-5-17)14(20)19-8-10-21-11-9-19/h1-3H,4-11,15H2. The monoisotopic (exact) mass is 291 g/mol. The molecule has 0 atom stereocenters. The number of pyridine rings is 1. The topological polar surface area (TPSA) is 74.9 Å². The van der Waals surface area contributed by atoms with E-state index in [4.69, 9.17) is 10.5 Å². The summed E-state index contributed by atoms with van der Waals surface area (Å²) in [5, 5.41) is 0. The van der Waals surface area contributed by atoms with E-state index in [0.29, 0.717) is 45.1 Å². The van der Waals surface area contributed by atoms with Crippen LogP contribution in [0.3, 0.4) is 0 Å². The Morgan fingerprint density at radius 2 is 1.76 bits per heavy atom. The average Bonchev–Trinajstić information content (AvgIpc) is 2.56. The van der Waals surface area contributed by atoms with E-state index in [1.807, 2.05) is 21.9 Å². The maximum absolute atomic E-state index is 12.4. The van der Waals surface area contributed by atoms with Crippen LogP contribution < -0.4 is 10.6 Å². The molecule has 7 heteroatoms. The van der Waals surface area contributed by atoms with Crippen molar-refractivity contribution in [3.63, 3.8) is 0 Å². The Kier molecular flexibility index (Phi) is 4.10. The van der Waals surface area contributed by atoms with Crippen LogP contribution in [0.2, 0.25) is 0 Å². The number of amides is 2. The number of piperazine rings is 1. The molecule has 0 aromatic carbocycles. The molecule has 1 aromatic heterocycles. The van der Waals surface area contributed by atoms with Crippen molar-refractivity contribution in [2.75, 3.05) is 63.1 Å². The molecule has 2 aliphatic heterocycles. The normalized spacial score (nSPS) is 19.7. The number of urea groups is 1. The zero-order valence-corrected chi connectivity index (χ0v) is 12.1. The molecule has 2 aliphatic rings. The highest BCUT2D eigenvalue weighted by Crippen LogP contribution is 2.20. The third-order valence-corrected chi connectivity index (χ3v) is 3.95. The van der Waals surface area contributed by atoms with Gasteiger partial charge in [0, 0.05) is 45.5 Å². The van der Waals surface area contributed by atoms with Gasteiger partial charge >= 0.3 is 6.03 Å². The quantitative estimate of drug-likeness (QED) is 0.802. The van der Waals surface area contributed by atoms with Crippen LogP contribution in [0.25, 0.3) is 0 Å². The Balaban J connectivity index is 1.57. The number of hydrogen-bond acceptors (Lipinski definition) is 5. The van der Waals surface area contributed by atoms with Crippen LogP contribution >= 0.6 is 0 Å². The van der Waals surface area contributed by atoms with E-state index >= 15 is 0 Å². The summed E-state index contributed by atoms with van der Waals surface area (Å²) in [7, 11) is 0. The van der Waals surface area contributed by atoms with E-state index in [2.05, 4.69) is 9.88 Å². The molecule has 0 unspecified atom stereocenters. The van der Waals surface area contributed by atoms with Gasteiger partial charge < -0.3 is 25.2 Å². The van der Waals surface area contributed by atoms with Gasteiger partial charge in [0.2, 0.25) is 0 Å². The Labute approximate surface area is 124 Å². The van der Waals surface area contributed by atoms with Crippen molar-refractivity contribution in [2.45, 2.75) is 0 Å². The van der Waals surface area contributed by atoms with Crippen LogP contribution in [-0.2, 0) is 4.74 Å². The number of aromatic nitrogens is 1. The summed E-state index contributed by atoms with van der Waals surface area (Å²) >= 11 is 0. The lowest BCUT2D eigenvalue weighted by atomic mass is 10.3. The number of ether oxygens (including phenoxy) is 1. The van der Waals surface area contributed by atoms with Crippen LogP contribution in [-0.4, -0.2) is 73.3 Å². The van der Waals surface area contributed by atoms with Gasteiger partial charge in [-0.15, -0.1) is 0 Å². The van der Waals surface area contributed by atoms with Gasteiger partial charge in [-0.3, -0.25) is 0 Å². The predicted molar refractivity (Wildman–Crippen MR) is 80.2 cm³/mol.